The number of hydrogen-bond acceptors (Lipinski definition) is 5. The summed E-state index contributed by atoms with van der Waals surface area (Å²) >= 11 is 1.43. The van der Waals surface area contributed by atoms with E-state index in [4.69, 9.17) is 0 Å². The summed E-state index contributed by atoms with van der Waals surface area (Å²) in [6, 6.07) is 24.0. The summed E-state index contributed by atoms with van der Waals surface area (Å²) in [4.78, 5) is 18.9. The molecule has 0 bridgehead atoms. The lowest BCUT2D eigenvalue weighted by Gasteiger charge is -2.21. The molecule has 0 aliphatic heterocycles. The van der Waals surface area contributed by atoms with Crippen LogP contribution in [0.15, 0.2) is 90.3 Å². The number of carbonyl (C=O) groups excluding carboxylic acids is 1. The molecule has 2 aromatic heterocycles. The Balaban J connectivity index is 1.56. The molecule has 2 heterocycles. The van der Waals surface area contributed by atoms with Gasteiger partial charge in [-0.25, -0.2) is 0 Å². The fourth-order valence-electron chi connectivity index (χ4n) is 3.45. The van der Waals surface area contributed by atoms with E-state index in [1.54, 1.807) is 17.3 Å². The van der Waals surface area contributed by atoms with Crippen LogP contribution in [0.4, 0.5) is 0 Å². The molecule has 0 N–H and O–H groups in total. The standard InChI is InChI=1S/C25H25N5OS/c1-19(24(31)29(2)17-20-9-5-3-6-10-20)32-25-28-27-23(22-13-15-26-16-14-22)30(25)18-21-11-7-4-8-12-21/h3-16,19H,17-18H2,1-2H3. The van der Waals surface area contributed by atoms with Crippen molar-refractivity contribution in [1.29, 1.82) is 0 Å². The molecule has 0 saturated heterocycles. The van der Waals surface area contributed by atoms with Crippen molar-refractivity contribution in [2.75, 3.05) is 7.05 Å². The smallest absolute Gasteiger partial charge is 0.235 e. The van der Waals surface area contributed by atoms with Crippen LogP contribution in [0.1, 0.15) is 18.1 Å². The number of pyridine rings is 1. The molecule has 0 radical (unpaired) electrons. The van der Waals surface area contributed by atoms with Crippen LogP contribution in [-0.2, 0) is 17.9 Å². The molecule has 1 amide bonds. The highest BCUT2D eigenvalue weighted by atomic mass is 32.2. The quantitative estimate of drug-likeness (QED) is 0.375. The third-order valence-corrected chi connectivity index (χ3v) is 6.18. The highest BCUT2D eigenvalue weighted by molar-refractivity contribution is 8.00. The van der Waals surface area contributed by atoms with Gasteiger partial charge in [0, 0.05) is 31.5 Å². The fraction of sp³-hybridized carbons (Fsp3) is 0.200. The van der Waals surface area contributed by atoms with Crippen LogP contribution in [0.5, 0.6) is 0 Å². The molecule has 2 aromatic carbocycles. The minimum Gasteiger partial charge on any atom is -0.340 e. The third-order valence-electron chi connectivity index (χ3n) is 5.11. The lowest BCUT2D eigenvalue weighted by molar-refractivity contribution is -0.129. The molecule has 0 aliphatic rings. The highest BCUT2D eigenvalue weighted by Crippen LogP contribution is 2.28. The lowest BCUT2D eigenvalue weighted by Crippen LogP contribution is -2.33. The summed E-state index contributed by atoms with van der Waals surface area (Å²) in [7, 11) is 1.84. The third kappa shape index (κ3) is 5.23. The van der Waals surface area contributed by atoms with Gasteiger partial charge in [-0.15, -0.1) is 10.2 Å². The van der Waals surface area contributed by atoms with Crippen molar-refractivity contribution in [2.24, 2.45) is 0 Å². The molecule has 4 aromatic rings. The zero-order chi connectivity index (χ0) is 22.3. The molecule has 1 unspecified atom stereocenters. The zero-order valence-corrected chi connectivity index (χ0v) is 18.9. The summed E-state index contributed by atoms with van der Waals surface area (Å²) in [6.45, 7) is 3.11. The van der Waals surface area contributed by atoms with Gasteiger partial charge in [-0.2, -0.15) is 0 Å². The van der Waals surface area contributed by atoms with E-state index in [9.17, 15) is 4.79 Å². The number of nitrogens with zero attached hydrogens (tertiary/aromatic N) is 5. The normalized spacial score (nSPS) is 11.8. The largest absolute Gasteiger partial charge is 0.340 e. The summed E-state index contributed by atoms with van der Waals surface area (Å²) in [5.74, 6) is 0.814. The van der Waals surface area contributed by atoms with Crippen molar-refractivity contribution >= 4 is 17.7 Å². The molecule has 162 valence electrons. The Morgan fingerprint density at radius 2 is 1.56 bits per heavy atom. The Morgan fingerprint density at radius 3 is 2.22 bits per heavy atom. The van der Waals surface area contributed by atoms with Gasteiger partial charge in [0.15, 0.2) is 11.0 Å². The molecule has 0 saturated carbocycles. The van der Waals surface area contributed by atoms with Gasteiger partial charge in [-0.1, -0.05) is 72.4 Å². The van der Waals surface area contributed by atoms with Crippen LogP contribution in [0.3, 0.4) is 0 Å². The van der Waals surface area contributed by atoms with E-state index in [2.05, 4.69) is 31.9 Å². The number of rotatable bonds is 8. The Morgan fingerprint density at radius 1 is 0.938 bits per heavy atom. The second kappa shape index (κ2) is 10.2. The summed E-state index contributed by atoms with van der Waals surface area (Å²) in [5.41, 5.74) is 3.19. The van der Waals surface area contributed by atoms with Crippen molar-refractivity contribution in [3.63, 3.8) is 0 Å². The van der Waals surface area contributed by atoms with E-state index in [0.29, 0.717) is 13.1 Å². The van der Waals surface area contributed by atoms with Crippen LogP contribution in [-0.4, -0.2) is 42.9 Å². The monoisotopic (exact) mass is 443 g/mol. The molecule has 0 aliphatic carbocycles. The van der Waals surface area contributed by atoms with Crippen molar-refractivity contribution in [3.8, 4) is 11.4 Å². The second-order valence-electron chi connectivity index (χ2n) is 7.55. The van der Waals surface area contributed by atoms with Gasteiger partial charge in [-0.05, 0) is 30.2 Å². The van der Waals surface area contributed by atoms with E-state index in [0.717, 1.165) is 27.7 Å². The van der Waals surface area contributed by atoms with E-state index < -0.39 is 0 Å². The maximum atomic E-state index is 13.0. The number of carbonyl (C=O) groups is 1. The first-order valence-electron chi connectivity index (χ1n) is 10.4. The minimum absolute atomic E-state index is 0.0542. The molecule has 4 rings (SSSR count). The van der Waals surface area contributed by atoms with Crippen LogP contribution < -0.4 is 0 Å². The maximum Gasteiger partial charge on any atom is 0.235 e. The number of aromatic nitrogens is 4. The maximum absolute atomic E-state index is 13.0. The number of amides is 1. The Labute approximate surface area is 192 Å². The molecule has 1 atom stereocenters. The van der Waals surface area contributed by atoms with E-state index in [1.165, 1.54) is 11.8 Å². The average Bonchev–Trinajstić information content (AvgIpc) is 3.22. The van der Waals surface area contributed by atoms with Gasteiger partial charge in [-0.3, -0.25) is 14.3 Å². The Hall–Kier alpha value is -3.45. The van der Waals surface area contributed by atoms with Crippen LogP contribution in [0.25, 0.3) is 11.4 Å². The topological polar surface area (TPSA) is 63.9 Å². The van der Waals surface area contributed by atoms with Crippen molar-refractivity contribution < 1.29 is 4.79 Å². The van der Waals surface area contributed by atoms with Crippen molar-refractivity contribution in [3.05, 3.63) is 96.3 Å². The highest BCUT2D eigenvalue weighted by Gasteiger charge is 2.23. The molecule has 0 fully saturated rings. The second-order valence-corrected chi connectivity index (χ2v) is 8.86. The van der Waals surface area contributed by atoms with Gasteiger partial charge in [0.05, 0.1) is 11.8 Å². The number of benzene rings is 2. The fourth-order valence-corrected chi connectivity index (χ4v) is 4.42. The number of hydrogen-bond donors (Lipinski definition) is 0. The van der Waals surface area contributed by atoms with Gasteiger partial charge < -0.3 is 4.90 Å². The van der Waals surface area contributed by atoms with Gasteiger partial charge in [0.1, 0.15) is 0 Å². The molecular weight excluding hydrogens is 418 g/mol. The van der Waals surface area contributed by atoms with E-state index in [1.807, 2.05) is 74.6 Å². The molecule has 6 nitrogen and oxygen atoms in total. The first kappa shape index (κ1) is 21.8. The number of thioether (sulfide) groups is 1. The first-order valence-corrected chi connectivity index (χ1v) is 11.3. The van der Waals surface area contributed by atoms with Gasteiger partial charge in [0.25, 0.3) is 0 Å². The van der Waals surface area contributed by atoms with E-state index in [-0.39, 0.29) is 11.2 Å². The SMILES string of the molecule is CC(Sc1nnc(-c2ccncc2)n1Cc1ccccc1)C(=O)N(C)Cc1ccccc1. The summed E-state index contributed by atoms with van der Waals surface area (Å²) in [5, 5.41) is 9.31. The van der Waals surface area contributed by atoms with Gasteiger partial charge >= 0.3 is 0 Å². The van der Waals surface area contributed by atoms with Crippen LogP contribution in [0, 0.1) is 0 Å². The van der Waals surface area contributed by atoms with Gasteiger partial charge in [0.2, 0.25) is 5.91 Å². The molecule has 7 heteroatoms. The summed E-state index contributed by atoms with van der Waals surface area (Å²) < 4.78 is 2.07. The van der Waals surface area contributed by atoms with Crippen molar-refractivity contribution in [1.82, 2.24) is 24.6 Å². The average molecular weight is 444 g/mol. The molecular formula is C25H25N5OS. The Bertz CT molecular complexity index is 1150. The van der Waals surface area contributed by atoms with Crippen molar-refractivity contribution in [2.45, 2.75) is 30.4 Å². The minimum atomic E-state index is -0.298. The van der Waals surface area contributed by atoms with Crippen LogP contribution in [0.2, 0.25) is 0 Å². The lowest BCUT2D eigenvalue weighted by atomic mass is 10.2. The van der Waals surface area contributed by atoms with Crippen LogP contribution >= 0.6 is 11.8 Å². The molecule has 0 spiro atoms. The summed E-state index contributed by atoms with van der Waals surface area (Å²) in [6.07, 6.45) is 3.49. The van der Waals surface area contributed by atoms with E-state index >= 15 is 0 Å². The first-order chi connectivity index (χ1) is 15.6. The Kier molecular flexibility index (Phi) is 6.97. The molecule has 32 heavy (non-hydrogen) atoms. The predicted octanol–water partition coefficient (Wildman–Crippen LogP) is 4.53. The predicted molar refractivity (Wildman–Crippen MR) is 127 cm³/mol. The zero-order valence-electron chi connectivity index (χ0n) is 18.1.